The number of aryl methyl sites for hydroxylation is 2. The number of hydrogen-bond donors (Lipinski definition) is 0. The lowest BCUT2D eigenvalue weighted by Crippen LogP contribution is -1.87. The molecule has 2 heterocycles. The van der Waals surface area contributed by atoms with Crippen molar-refractivity contribution in [3.63, 3.8) is 0 Å². The molecule has 0 aliphatic heterocycles. The van der Waals surface area contributed by atoms with Crippen LogP contribution in [0.25, 0.3) is 22.9 Å². The zero-order valence-corrected chi connectivity index (χ0v) is 20.0. The van der Waals surface area contributed by atoms with E-state index in [4.69, 9.17) is 8.83 Å². The molecule has 4 aromatic rings. The number of allylic oxidation sites excluding steroid dienone is 1. The van der Waals surface area contributed by atoms with Crippen LogP contribution in [0, 0.1) is 36.5 Å². The minimum atomic E-state index is 0.00606. The highest BCUT2D eigenvalue weighted by molar-refractivity contribution is 8.21. The standard InChI is InChI=1S/C24H18N6O2S2/c1-15-3-7-17(8-4-15)22-29-27-20(31-22)13-33-24(19(11-25)12-26)34-14-21-28-30-23(32-21)18-9-5-16(2)6-10-18/h3-10H,13-14H2,1-2H3. The maximum atomic E-state index is 9.38. The van der Waals surface area contributed by atoms with Gasteiger partial charge in [-0.05, 0) is 38.1 Å². The van der Waals surface area contributed by atoms with Gasteiger partial charge in [0, 0.05) is 11.1 Å². The number of nitriles is 2. The Morgan fingerprint density at radius 2 is 1.12 bits per heavy atom. The van der Waals surface area contributed by atoms with Gasteiger partial charge < -0.3 is 8.83 Å². The second-order valence-corrected chi connectivity index (χ2v) is 9.43. The van der Waals surface area contributed by atoms with Gasteiger partial charge in [0.15, 0.2) is 0 Å². The summed E-state index contributed by atoms with van der Waals surface area (Å²) < 4.78 is 12.0. The molecule has 0 amide bonds. The molecule has 0 aliphatic rings. The van der Waals surface area contributed by atoms with E-state index in [1.165, 1.54) is 23.5 Å². The van der Waals surface area contributed by atoms with Crippen molar-refractivity contribution in [3.05, 3.63) is 81.2 Å². The van der Waals surface area contributed by atoms with E-state index in [1.54, 1.807) is 0 Å². The molecule has 0 spiro atoms. The second-order valence-electron chi connectivity index (χ2n) is 7.20. The van der Waals surface area contributed by atoms with Crippen molar-refractivity contribution in [2.45, 2.75) is 25.4 Å². The molecule has 2 aromatic carbocycles. The first-order valence-electron chi connectivity index (χ1n) is 10.1. The summed E-state index contributed by atoms with van der Waals surface area (Å²) in [5.74, 6) is 2.26. The van der Waals surface area contributed by atoms with Gasteiger partial charge in [-0.1, -0.05) is 35.4 Å². The SMILES string of the molecule is Cc1ccc(-c2nnc(CSC(SCc3nnc(-c4ccc(C)cc4)o3)=C(C#N)C#N)o2)cc1. The van der Waals surface area contributed by atoms with E-state index in [0.29, 0.717) is 39.3 Å². The lowest BCUT2D eigenvalue weighted by molar-refractivity contribution is 0.528. The molecule has 10 heteroatoms. The highest BCUT2D eigenvalue weighted by atomic mass is 32.2. The van der Waals surface area contributed by atoms with E-state index in [0.717, 1.165) is 22.3 Å². The van der Waals surface area contributed by atoms with Gasteiger partial charge >= 0.3 is 0 Å². The monoisotopic (exact) mass is 486 g/mol. The van der Waals surface area contributed by atoms with Crippen LogP contribution in [0.2, 0.25) is 0 Å². The van der Waals surface area contributed by atoms with Gasteiger partial charge in [-0.15, -0.1) is 43.9 Å². The Bertz CT molecular complexity index is 1290. The molecule has 0 saturated heterocycles. The van der Waals surface area contributed by atoms with Crippen LogP contribution >= 0.6 is 23.5 Å². The van der Waals surface area contributed by atoms with Crippen molar-refractivity contribution in [2.24, 2.45) is 0 Å². The second kappa shape index (κ2) is 10.8. The van der Waals surface area contributed by atoms with Crippen LogP contribution in [0.5, 0.6) is 0 Å². The van der Waals surface area contributed by atoms with Crippen LogP contribution < -0.4 is 0 Å². The maximum absolute atomic E-state index is 9.38. The minimum Gasteiger partial charge on any atom is -0.420 e. The Morgan fingerprint density at radius 3 is 1.50 bits per heavy atom. The fourth-order valence-corrected chi connectivity index (χ4v) is 4.71. The summed E-state index contributed by atoms with van der Waals surface area (Å²) >= 11 is 2.56. The largest absolute Gasteiger partial charge is 0.420 e. The van der Waals surface area contributed by atoms with E-state index in [-0.39, 0.29) is 5.57 Å². The van der Waals surface area contributed by atoms with Crippen molar-refractivity contribution in [3.8, 4) is 35.0 Å². The van der Waals surface area contributed by atoms with Crippen molar-refractivity contribution >= 4 is 23.5 Å². The smallest absolute Gasteiger partial charge is 0.247 e. The van der Waals surface area contributed by atoms with Gasteiger partial charge in [-0.25, -0.2) is 0 Å². The number of aromatic nitrogens is 4. The number of hydrogen-bond acceptors (Lipinski definition) is 10. The van der Waals surface area contributed by atoms with Crippen molar-refractivity contribution < 1.29 is 8.83 Å². The quantitative estimate of drug-likeness (QED) is 0.281. The van der Waals surface area contributed by atoms with E-state index < -0.39 is 0 Å². The Labute approximate surface area is 204 Å². The predicted octanol–water partition coefficient (Wildman–Crippen LogP) is 5.83. The van der Waals surface area contributed by atoms with Gasteiger partial charge in [-0.3, -0.25) is 0 Å². The molecule has 34 heavy (non-hydrogen) atoms. The topological polar surface area (TPSA) is 125 Å². The zero-order chi connectivity index (χ0) is 23.9. The number of nitrogens with zero attached hydrogens (tertiary/aromatic N) is 6. The Kier molecular flexibility index (Phi) is 7.43. The highest BCUT2D eigenvalue weighted by Gasteiger charge is 2.15. The van der Waals surface area contributed by atoms with Gasteiger partial charge in [0.2, 0.25) is 23.6 Å². The first-order valence-corrected chi connectivity index (χ1v) is 12.1. The molecule has 0 atom stereocenters. The van der Waals surface area contributed by atoms with Crippen LogP contribution in [0.15, 0.2) is 67.2 Å². The molecule has 2 aromatic heterocycles. The summed E-state index contributed by atoms with van der Waals surface area (Å²) in [6.07, 6.45) is 0. The third-order valence-corrected chi connectivity index (χ3v) is 7.03. The third kappa shape index (κ3) is 5.73. The highest BCUT2D eigenvalue weighted by Crippen LogP contribution is 2.36. The van der Waals surface area contributed by atoms with Crippen molar-refractivity contribution in [2.75, 3.05) is 0 Å². The van der Waals surface area contributed by atoms with E-state index in [9.17, 15) is 10.5 Å². The van der Waals surface area contributed by atoms with Crippen LogP contribution in [-0.2, 0) is 11.5 Å². The van der Waals surface area contributed by atoms with Crippen LogP contribution in [-0.4, -0.2) is 20.4 Å². The molecule has 8 nitrogen and oxygen atoms in total. The molecule has 0 fully saturated rings. The fraction of sp³-hybridized carbons (Fsp3) is 0.167. The Hall–Kier alpha value is -3.86. The number of benzene rings is 2. The zero-order valence-electron chi connectivity index (χ0n) is 18.3. The van der Waals surface area contributed by atoms with Gasteiger partial charge in [-0.2, -0.15) is 10.5 Å². The van der Waals surface area contributed by atoms with Crippen molar-refractivity contribution in [1.29, 1.82) is 10.5 Å². The fourth-order valence-electron chi connectivity index (χ4n) is 2.81. The average molecular weight is 487 g/mol. The molecule has 0 bridgehead atoms. The number of thioether (sulfide) groups is 2. The van der Waals surface area contributed by atoms with Crippen LogP contribution in [0.3, 0.4) is 0 Å². The van der Waals surface area contributed by atoms with E-state index >= 15 is 0 Å². The molecule has 4 rings (SSSR count). The molecule has 0 aliphatic carbocycles. The third-order valence-electron chi connectivity index (χ3n) is 4.61. The van der Waals surface area contributed by atoms with E-state index in [1.807, 2.05) is 74.5 Å². The summed E-state index contributed by atoms with van der Waals surface area (Å²) in [5, 5.41) is 35.1. The van der Waals surface area contributed by atoms with Crippen molar-refractivity contribution in [1.82, 2.24) is 20.4 Å². The average Bonchev–Trinajstić information content (AvgIpc) is 3.52. The lowest BCUT2D eigenvalue weighted by atomic mass is 10.1. The first-order chi connectivity index (χ1) is 16.6. The predicted molar refractivity (Wildman–Crippen MR) is 130 cm³/mol. The van der Waals surface area contributed by atoms with Crippen LogP contribution in [0.1, 0.15) is 22.9 Å². The summed E-state index contributed by atoms with van der Waals surface area (Å²) in [6, 6.07) is 19.4. The maximum Gasteiger partial charge on any atom is 0.247 e. The number of rotatable bonds is 8. The summed E-state index contributed by atoms with van der Waals surface area (Å²) in [7, 11) is 0. The molecule has 0 N–H and O–H groups in total. The normalized spacial score (nSPS) is 10.5. The van der Waals surface area contributed by atoms with E-state index in [2.05, 4.69) is 20.4 Å². The summed E-state index contributed by atoms with van der Waals surface area (Å²) in [5.41, 5.74) is 3.94. The molecule has 0 radical (unpaired) electrons. The van der Waals surface area contributed by atoms with Gasteiger partial charge in [0.25, 0.3) is 0 Å². The summed E-state index contributed by atoms with van der Waals surface area (Å²) in [4.78, 5) is 0. The Balaban J connectivity index is 1.42. The Morgan fingerprint density at radius 1 is 0.706 bits per heavy atom. The molecule has 0 unspecified atom stereocenters. The van der Waals surface area contributed by atoms with Crippen LogP contribution in [0.4, 0.5) is 0 Å². The molecule has 0 saturated carbocycles. The van der Waals surface area contributed by atoms with Gasteiger partial charge in [0.1, 0.15) is 17.7 Å². The molecular weight excluding hydrogens is 468 g/mol. The van der Waals surface area contributed by atoms with Gasteiger partial charge in [0.05, 0.1) is 15.7 Å². The molecular formula is C24H18N6O2S2. The minimum absolute atomic E-state index is 0.00606. The first kappa shape index (κ1) is 23.3. The molecule has 168 valence electrons. The summed E-state index contributed by atoms with van der Waals surface area (Å²) in [6.45, 7) is 4.01. The lowest BCUT2D eigenvalue weighted by Gasteiger charge is -2.03.